The molecule has 1 atom stereocenters. The van der Waals surface area contributed by atoms with Crippen LogP contribution in [0.5, 0.6) is 0 Å². The van der Waals surface area contributed by atoms with E-state index in [0.717, 1.165) is 4.90 Å². The maximum Gasteiger partial charge on any atom is 0.367 e. The van der Waals surface area contributed by atoms with Crippen LogP contribution in [0.1, 0.15) is 6.92 Å². The molecule has 1 unspecified atom stereocenters. The number of alkyl halides is 1. The molecule has 0 aromatic carbocycles. The van der Waals surface area contributed by atoms with Gasteiger partial charge < -0.3 is 5.11 Å². The quantitative estimate of drug-likeness (QED) is 0.548. The molecule has 1 N–H and O–H groups in total. The molecule has 0 heterocycles. The summed E-state index contributed by atoms with van der Waals surface area (Å²) >= 11 is 0. The van der Waals surface area contributed by atoms with Crippen molar-refractivity contribution in [1.29, 1.82) is 0 Å². The minimum Gasteiger partial charge on any atom is -0.476 e. The molecule has 3 nitrogen and oxygen atoms in total. The first-order valence-electron chi connectivity index (χ1n) is 3.54. The lowest BCUT2D eigenvalue weighted by atomic mass is 10.4. The molecule has 0 amide bonds. The molecule has 0 aliphatic heterocycles. The van der Waals surface area contributed by atoms with Crippen LogP contribution in [-0.4, -0.2) is 35.9 Å². The van der Waals surface area contributed by atoms with Gasteiger partial charge in [-0.1, -0.05) is 6.92 Å². The predicted molar refractivity (Wildman–Crippen MR) is 40.1 cm³/mol. The van der Waals surface area contributed by atoms with E-state index in [4.69, 9.17) is 5.11 Å². The first-order chi connectivity index (χ1) is 5.91. The summed E-state index contributed by atoms with van der Waals surface area (Å²) in [6.07, 6.45) is -2.35. The number of aliphatic carboxylic acids is 1. The van der Waals surface area contributed by atoms with Crippen molar-refractivity contribution in [3.05, 3.63) is 11.7 Å². The lowest BCUT2D eigenvalue weighted by molar-refractivity contribution is -0.134. The maximum absolute atomic E-state index is 12.8. The highest BCUT2D eigenvalue weighted by molar-refractivity contribution is 5.84. The largest absolute Gasteiger partial charge is 0.476 e. The highest BCUT2D eigenvalue weighted by Gasteiger charge is 2.25. The normalized spacial score (nSPS) is 15.5. The minimum atomic E-state index is -2.35. The number of carboxylic acid groups (broad SMARTS) is 1. The molecule has 13 heavy (non-hydrogen) atoms. The van der Waals surface area contributed by atoms with Crippen molar-refractivity contribution in [2.45, 2.75) is 13.2 Å². The molecule has 0 spiro atoms. The molecule has 0 radical (unpaired) electrons. The van der Waals surface area contributed by atoms with Gasteiger partial charge in [0.25, 0.3) is 0 Å². The average molecular weight is 197 g/mol. The summed E-state index contributed by atoms with van der Waals surface area (Å²) in [5.41, 5.74) is 0. The Hall–Kier alpha value is -1.04. The number of halogens is 3. The van der Waals surface area contributed by atoms with Crippen LogP contribution in [0, 0.1) is 0 Å². The Morgan fingerprint density at radius 1 is 1.54 bits per heavy atom. The molecular formula is C7H10F3NO2. The molecule has 0 fully saturated rings. The van der Waals surface area contributed by atoms with Crippen molar-refractivity contribution >= 4 is 5.97 Å². The number of likely N-dealkylation sites (N-methyl/N-ethyl adjacent to an activating group) is 1. The third kappa shape index (κ3) is 3.06. The molecule has 76 valence electrons. The number of carboxylic acids is 1. The minimum absolute atomic E-state index is 0.140. The predicted octanol–water partition coefficient (Wildman–Crippen LogP) is 1.47. The third-order valence-corrected chi connectivity index (χ3v) is 1.49. The molecule has 0 aliphatic rings. The van der Waals surface area contributed by atoms with Gasteiger partial charge in [0.15, 0.2) is 5.83 Å². The van der Waals surface area contributed by atoms with Gasteiger partial charge in [-0.3, -0.25) is 4.90 Å². The Morgan fingerprint density at radius 3 is 2.31 bits per heavy atom. The Bertz CT molecular complexity index is 230. The monoisotopic (exact) mass is 197 g/mol. The summed E-state index contributed by atoms with van der Waals surface area (Å²) in [4.78, 5) is 10.7. The summed E-state index contributed by atoms with van der Waals surface area (Å²) < 4.78 is 37.7. The van der Waals surface area contributed by atoms with Crippen LogP contribution < -0.4 is 0 Å². The highest BCUT2D eigenvalue weighted by atomic mass is 19.2. The van der Waals surface area contributed by atoms with Crippen molar-refractivity contribution in [2.24, 2.45) is 0 Å². The van der Waals surface area contributed by atoms with Crippen LogP contribution in [0.4, 0.5) is 13.2 Å². The summed E-state index contributed by atoms with van der Waals surface area (Å²) in [7, 11) is 1.21. The average Bonchev–Trinajstić information content (AvgIpc) is 2.12. The molecule has 0 aromatic rings. The number of nitrogens with zero attached hydrogens (tertiary/aromatic N) is 1. The zero-order chi connectivity index (χ0) is 10.6. The number of hydrogen-bond donors (Lipinski definition) is 1. The second kappa shape index (κ2) is 4.86. The fraction of sp³-hybridized carbons (Fsp3) is 0.571. The van der Waals surface area contributed by atoms with E-state index in [9.17, 15) is 18.0 Å². The van der Waals surface area contributed by atoms with Crippen LogP contribution in [0.2, 0.25) is 0 Å². The summed E-state index contributed by atoms with van der Waals surface area (Å²) in [6, 6.07) is 0. The molecule has 0 saturated heterocycles. The molecule has 6 heteroatoms. The molecular weight excluding hydrogens is 187 g/mol. The lowest BCUT2D eigenvalue weighted by Crippen LogP contribution is -2.29. The second-order valence-corrected chi connectivity index (χ2v) is 2.38. The van der Waals surface area contributed by atoms with Crippen molar-refractivity contribution < 1.29 is 23.1 Å². The van der Waals surface area contributed by atoms with Crippen molar-refractivity contribution in [3.63, 3.8) is 0 Å². The number of hydrogen-bond acceptors (Lipinski definition) is 2. The lowest BCUT2D eigenvalue weighted by Gasteiger charge is -2.17. The van der Waals surface area contributed by atoms with Crippen LogP contribution in [0.3, 0.4) is 0 Å². The van der Waals surface area contributed by atoms with E-state index in [1.54, 1.807) is 0 Å². The van der Waals surface area contributed by atoms with Gasteiger partial charge in [0, 0.05) is 0 Å². The molecule has 0 bridgehead atoms. The fourth-order valence-corrected chi connectivity index (χ4v) is 0.561. The second-order valence-electron chi connectivity index (χ2n) is 2.38. The van der Waals surface area contributed by atoms with E-state index in [2.05, 4.69) is 0 Å². The van der Waals surface area contributed by atoms with Crippen LogP contribution in [-0.2, 0) is 4.79 Å². The first kappa shape index (κ1) is 12.0. The van der Waals surface area contributed by atoms with E-state index in [1.165, 1.54) is 14.0 Å². The summed E-state index contributed by atoms with van der Waals surface area (Å²) in [5, 5.41) is 8.00. The standard InChI is InChI=1S/C7H10F3NO2/c1-3-11(2)6(10)4(8)5(9)7(12)13/h6H,3H2,1-2H3,(H,12,13)/b5-4+. The SMILES string of the molecule is CCN(C)C(F)/C(F)=C(\F)C(=O)O. The Morgan fingerprint density at radius 2 is 2.00 bits per heavy atom. The van der Waals surface area contributed by atoms with Crippen molar-refractivity contribution in [2.75, 3.05) is 13.6 Å². The fourth-order valence-electron chi connectivity index (χ4n) is 0.561. The Kier molecular flexibility index (Phi) is 4.47. The zero-order valence-electron chi connectivity index (χ0n) is 7.22. The van der Waals surface area contributed by atoms with Crippen LogP contribution in [0.15, 0.2) is 11.7 Å². The van der Waals surface area contributed by atoms with Gasteiger partial charge in [-0.05, 0) is 13.6 Å². The van der Waals surface area contributed by atoms with E-state index in [1.807, 2.05) is 0 Å². The van der Waals surface area contributed by atoms with Crippen LogP contribution in [0.25, 0.3) is 0 Å². The van der Waals surface area contributed by atoms with Gasteiger partial charge in [-0.25, -0.2) is 13.6 Å². The molecule has 0 aliphatic carbocycles. The van der Waals surface area contributed by atoms with Gasteiger partial charge in [0.1, 0.15) is 0 Å². The van der Waals surface area contributed by atoms with E-state index in [-0.39, 0.29) is 6.54 Å². The zero-order valence-corrected chi connectivity index (χ0v) is 7.22. The molecule has 0 rings (SSSR count). The Labute approximate surface area is 73.5 Å². The van der Waals surface area contributed by atoms with Gasteiger partial charge in [0.2, 0.25) is 12.1 Å². The smallest absolute Gasteiger partial charge is 0.367 e. The van der Waals surface area contributed by atoms with Crippen molar-refractivity contribution in [3.8, 4) is 0 Å². The highest BCUT2D eigenvalue weighted by Crippen LogP contribution is 2.17. The Balaban J connectivity index is 4.66. The van der Waals surface area contributed by atoms with E-state index < -0.39 is 23.9 Å². The molecule has 0 saturated carbocycles. The van der Waals surface area contributed by atoms with E-state index in [0.29, 0.717) is 0 Å². The summed E-state index contributed by atoms with van der Waals surface area (Å²) in [5.74, 6) is -6.10. The van der Waals surface area contributed by atoms with Gasteiger partial charge in [-0.2, -0.15) is 4.39 Å². The van der Waals surface area contributed by atoms with Gasteiger partial charge in [0.05, 0.1) is 0 Å². The van der Waals surface area contributed by atoms with Crippen LogP contribution >= 0.6 is 0 Å². The maximum atomic E-state index is 12.8. The molecule has 0 aromatic heterocycles. The van der Waals surface area contributed by atoms with Crippen molar-refractivity contribution in [1.82, 2.24) is 4.90 Å². The van der Waals surface area contributed by atoms with Gasteiger partial charge >= 0.3 is 5.97 Å². The number of carbonyl (C=O) groups is 1. The number of rotatable bonds is 4. The summed E-state index contributed by atoms with van der Waals surface area (Å²) in [6.45, 7) is 1.67. The van der Waals surface area contributed by atoms with Gasteiger partial charge in [-0.15, -0.1) is 0 Å². The topological polar surface area (TPSA) is 40.5 Å². The third-order valence-electron chi connectivity index (χ3n) is 1.49. The van der Waals surface area contributed by atoms with E-state index >= 15 is 0 Å². The first-order valence-corrected chi connectivity index (χ1v) is 3.54.